The van der Waals surface area contributed by atoms with Crippen molar-refractivity contribution < 1.29 is 14.1 Å². The van der Waals surface area contributed by atoms with E-state index in [2.05, 4.69) is 10.3 Å². The summed E-state index contributed by atoms with van der Waals surface area (Å²) in [6, 6.07) is 17.8. The van der Waals surface area contributed by atoms with Gasteiger partial charge in [-0.25, -0.2) is 4.98 Å². The Balaban J connectivity index is 1.45. The number of hydrogen-bond donors (Lipinski definition) is 1. The second kappa shape index (κ2) is 9.06. The van der Waals surface area contributed by atoms with E-state index in [0.29, 0.717) is 46.4 Å². The minimum absolute atomic E-state index is 0.0461. The molecule has 0 unspecified atom stereocenters. The number of rotatable bonds is 7. The van der Waals surface area contributed by atoms with E-state index < -0.39 is 0 Å². The number of anilines is 1. The molecule has 0 bridgehead atoms. The number of carbonyl (C=O) groups excluding carboxylic acids is 1. The quantitative estimate of drug-likeness (QED) is 0.463. The lowest BCUT2D eigenvalue weighted by Gasteiger charge is -2.13. The zero-order valence-corrected chi connectivity index (χ0v) is 17.6. The number of aryl methyl sites for hydroxylation is 2. The summed E-state index contributed by atoms with van der Waals surface area (Å²) in [5.41, 5.74) is 2.07. The SMILES string of the molecule is Cc1cc2nc(COc3ccc(Cl)cc3NC(=O)CCc3ccccc3)cc(=O)n2o1. The number of hydrogen-bond acceptors (Lipinski definition) is 5. The third kappa shape index (κ3) is 5.13. The van der Waals surface area contributed by atoms with Gasteiger partial charge in [0.25, 0.3) is 5.56 Å². The van der Waals surface area contributed by atoms with Crippen molar-refractivity contribution in [1.29, 1.82) is 0 Å². The van der Waals surface area contributed by atoms with Gasteiger partial charge in [0.05, 0.1) is 11.4 Å². The minimum atomic E-state index is -0.331. The molecule has 1 amide bonds. The predicted octanol–water partition coefficient (Wildman–Crippen LogP) is 4.40. The first-order valence-corrected chi connectivity index (χ1v) is 10.1. The molecule has 0 aliphatic rings. The summed E-state index contributed by atoms with van der Waals surface area (Å²) in [5.74, 6) is 0.867. The van der Waals surface area contributed by atoms with E-state index in [9.17, 15) is 9.59 Å². The Labute approximate surface area is 183 Å². The molecule has 158 valence electrons. The number of carbonyl (C=O) groups is 1. The van der Waals surface area contributed by atoms with Gasteiger partial charge in [0.2, 0.25) is 5.91 Å². The summed E-state index contributed by atoms with van der Waals surface area (Å²) >= 11 is 6.11. The van der Waals surface area contributed by atoms with E-state index in [4.69, 9.17) is 20.9 Å². The standard InChI is InChI=1S/C23H20ClN3O4/c1-15-11-21-25-18(13-23(29)27(21)31-15)14-30-20-9-8-17(24)12-19(20)26-22(28)10-7-16-5-3-2-4-6-16/h2-6,8-9,11-13H,7,10,14H2,1H3,(H,26,28). The number of nitrogens with zero attached hydrogens (tertiary/aromatic N) is 2. The molecular formula is C23H20ClN3O4. The van der Waals surface area contributed by atoms with Gasteiger partial charge in [-0.2, -0.15) is 0 Å². The number of aromatic nitrogens is 2. The lowest BCUT2D eigenvalue weighted by molar-refractivity contribution is -0.116. The molecule has 0 atom stereocenters. The molecule has 2 aromatic carbocycles. The van der Waals surface area contributed by atoms with Crippen LogP contribution in [0.4, 0.5) is 5.69 Å². The van der Waals surface area contributed by atoms with Crippen LogP contribution in [0.3, 0.4) is 0 Å². The Morgan fingerprint density at radius 2 is 1.97 bits per heavy atom. The average molecular weight is 438 g/mol. The molecule has 0 aliphatic carbocycles. The first-order chi connectivity index (χ1) is 15.0. The molecule has 0 radical (unpaired) electrons. The topological polar surface area (TPSA) is 85.8 Å². The van der Waals surface area contributed by atoms with Crippen molar-refractivity contribution in [3.05, 3.63) is 93.1 Å². The summed E-state index contributed by atoms with van der Waals surface area (Å²) in [6.07, 6.45) is 0.951. The van der Waals surface area contributed by atoms with Gasteiger partial charge in [-0.05, 0) is 37.1 Å². The fourth-order valence-electron chi connectivity index (χ4n) is 3.14. The molecule has 4 rings (SSSR count). The van der Waals surface area contributed by atoms with Crippen LogP contribution in [0.15, 0.2) is 70.0 Å². The number of ether oxygens (including phenoxy) is 1. The van der Waals surface area contributed by atoms with Crippen molar-refractivity contribution in [3.8, 4) is 5.75 Å². The van der Waals surface area contributed by atoms with E-state index in [0.717, 1.165) is 10.1 Å². The molecule has 0 fully saturated rings. The zero-order chi connectivity index (χ0) is 21.8. The summed E-state index contributed by atoms with van der Waals surface area (Å²) in [4.78, 5) is 29.0. The smallest absolute Gasteiger partial charge is 0.287 e. The highest BCUT2D eigenvalue weighted by molar-refractivity contribution is 6.31. The van der Waals surface area contributed by atoms with Crippen molar-refractivity contribution >= 4 is 28.8 Å². The van der Waals surface area contributed by atoms with E-state index in [-0.39, 0.29) is 18.1 Å². The van der Waals surface area contributed by atoms with Gasteiger partial charge in [-0.1, -0.05) is 41.9 Å². The first-order valence-electron chi connectivity index (χ1n) is 9.74. The third-order valence-electron chi connectivity index (χ3n) is 4.60. The fourth-order valence-corrected chi connectivity index (χ4v) is 3.31. The van der Waals surface area contributed by atoms with Crippen molar-refractivity contribution in [2.24, 2.45) is 0 Å². The molecule has 2 heterocycles. The predicted molar refractivity (Wildman–Crippen MR) is 118 cm³/mol. The van der Waals surface area contributed by atoms with Crippen LogP contribution in [0, 0.1) is 6.92 Å². The molecule has 4 aromatic rings. The number of nitrogens with one attached hydrogen (secondary N) is 1. The Morgan fingerprint density at radius 1 is 1.16 bits per heavy atom. The molecule has 0 aliphatic heterocycles. The Kier molecular flexibility index (Phi) is 6.04. The normalized spacial score (nSPS) is 10.9. The van der Waals surface area contributed by atoms with Crippen LogP contribution in [0.5, 0.6) is 5.75 Å². The lowest BCUT2D eigenvalue weighted by Crippen LogP contribution is -2.15. The van der Waals surface area contributed by atoms with E-state index >= 15 is 0 Å². The number of halogens is 1. The van der Waals surface area contributed by atoms with Crippen molar-refractivity contribution in [1.82, 2.24) is 9.56 Å². The van der Waals surface area contributed by atoms with Crippen LogP contribution in [-0.4, -0.2) is 15.5 Å². The summed E-state index contributed by atoms with van der Waals surface area (Å²) in [7, 11) is 0. The zero-order valence-electron chi connectivity index (χ0n) is 16.8. The van der Waals surface area contributed by atoms with Gasteiger partial charge in [-0.15, -0.1) is 4.57 Å². The Morgan fingerprint density at radius 3 is 2.77 bits per heavy atom. The fraction of sp³-hybridized carbons (Fsp3) is 0.174. The second-order valence-corrected chi connectivity index (χ2v) is 7.48. The van der Waals surface area contributed by atoms with Crippen molar-refractivity contribution in [2.75, 3.05) is 5.32 Å². The third-order valence-corrected chi connectivity index (χ3v) is 4.83. The van der Waals surface area contributed by atoms with Gasteiger partial charge in [0.1, 0.15) is 18.1 Å². The van der Waals surface area contributed by atoms with Gasteiger partial charge < -0.3 is 14.6 Å². The molecule has 31 heavy (non-hydrogen) atoms. The highest BCUT2D eigenvalue weighted by atomic mass is 35.5. The summed E-state index contributed by atoms with van der Waals surface area (Å²) in [5, 5.41) is 3.32. The summed E-state index contributed by atoms with van der Waals surface area (Å²) < 4.78 is 12.2. The number of fused-ring (bicyclic) bond motifs is 1. The number of amides is 1. The largest absolute Gasteiger partial charge is 0.485 e. The molecule has 8 heteroatoms. The van der Waals surface area contributed by atoms with Gasteiger partial charge in [0, 0.05) is 23.6 Å². The minimum Gasteiger partial charge on any atom is -0.485 e. The van der Waals surface area contributed by atoms with Gasteiger partial charge in [-0.3, -0.25) is 9.59 Å². The molecule has 2 aromatic heterocycles. The second-order valence-electron chi connectivity index (χ2n) is 7.05. The van der Waals surface area contributed by atoms with Crippen LogP contribution >= 0.6 is 11.6 Å². The molecule has 0 saturated carbocycles. The molecule has 0 saturated heterocycles. The average Bonchev–Trinajstić information content (AvgIpc) is 3.13. The first kappa shape index (κ1) is 20.7. The summed E-state index contributed by atoms with van der Waals surface area (Å²) in [6.45, 7) is 1.79. The van der Waals surface area contributed by atoms with Crippen LogP contribution in [0.25, 0.3) is 5.65 Å². The maximum absolute atomic E-state index is 12.4. The molecule has 0 spiro atoms. The van der Waals surface area contributed by atoms with Crippen LogP contribution in [-0.2, 0) is 17.8 Å². The maximum atomic E-state index is 12.4. The van der Waals surface area contributed by atoms with Crippen LogP contribution in [0.2, 0.25) is 5.02 Å². The van der Waals surface area contributed by atoms with E-state index in [1.165, 1.54) is 6.07 Å². The van der Waals surface area contributed by atoms with Crippen LogP contribution in [0.1, 0.15) is 23.4 Å². The number of benzene rings is 2. The highest BCUT2D eigenvalue weighted by Gasteiger charge is 2.12. The van der Waals surface area contributed by atoms with E-state index in [1.807, 2.05) is 30.3 Å². The maximum Gasteiger partial charge on any atom is 0.287 e. The van der Waals surface area contributed by atoms with Gasteiger partial charge >= 0.3 is 0 Å². The van der Waals surface area contributed by atoms with E-state index in [1.54, 1.807) is 31.2 Å². The lowest BCUT2D eigenvalue weighted by atomic mass is 10.1. The Hall–Kier alpha value is -3.58. The molecule has 1 N–H and O–H groups in total. The molecular weight excluding hydrogens is 418 g/mol. The van der Waals surface area contributed by atoms with Crippen molar-refractivity contribution in [2.45, 2.75) is 26.4 Å². The Bertz CT molecular complexity index is 1280. The van der Waals surface area contributed by atoms with Crippen molar-refractivity contribution in [3.63, 3.8) is 0 Å². The monoisotopic (exact) mass is 437 g/mol. The highest BCUT2D eigenvalue weighted by Crippen LogP contribution is 2.29. The molecule has 7 nitrogen and oxygen atoms in total. The van der Waals surface area contributed by atoms with Crippen LogP contribution < -0.4 is 15.6 Å². The van der Waals surface area contributed by atoms with Gasteiger partial charge in [0.15, 0.2) is 5.65 Å².